The topological polar surface area (TPSA) is 99.7 Å². The van der Waals surface area contributed by atoms with Gasteiger partial charge in [-0.25, -0.2) is 22.8 Å². The first-order valence-electron chi connectivity index (χ1n) is 11.5. The number of carbonyl (C=O) groups is 1. The van der Waals surface area contributed by atoms with Gasteiger partial charge in [0.1, 0.15) is 5.82 Å². The summed E-state index contributed by atoms with van der Waals surface area (Å²) in [5.41, 5.74) is 2.10. The van der Waals surface area contributed by atoms with E-state index in [1.165, 1.54) is 34.2 Å². The van der Waals surface area contributed by atoms with E-state index in [2.05, 4.69) is 15.1 Å². The third-order valence-electron chi connectivity index (χ3n) is 7.18. The van der Waals surface area contributed by atoms with Crippen molar-refractivity contribution in [3.8, 4) is 5.69 Å². The van der Waals surface area contributed by atoms with Gasteiger partial charge in [-0.05, 0) is 55.7 Å². The van der Waals surface area contributed by atoms with Gasteiger partial charge >= 0.3 is 0 Å². The third-order valence-corrected chi connectivity index (χ3v) is 10.0. The van der Waals surface area contributed by atoms with Crippen LogP contribution in [-0.2, 0) is 23.3 Å². The van der Waals surface area contributed by atoms with Crippen molar-refractivity contribution in [1.82, 2.24) is 24.3 Å². The molecule has 0 aliphatic heterocycles. The van der Waals surface area contributed by atoms with Gasteiger partial charge in [-0.1, -0.05) is 5.57 Å². The Balaban J connectivity index is 1.45. The zero-order valence-corrected chi connectivity index (χ0v) is 21.0. The number of aryl methyl sites for hydroxylation is 1. The Morgan fingerprint density at radius 3 is 2.69 bits per heavy atom. The van der Waals surface area contributed by atoms with E-state index in [9.17, 15) is 17.6 Å². The summed E-state index contributed by atoms with van der Waals surface area (Å²) in [5, 5.41) is 5.51. The van der Waals surface area contributed by atoms with Crippen LogP contribution in [0.2, 0.25) is 0 Å². The Morgan fingerprint density at radius 2 is 2.00 bits per heavy atom. The molecule has 1 saturated carbocycles. The number of hydrogen-bond donors (Lipinski definition) is 0. The fraction of sp³-hybridized carbons (Fsp3) is 0.280. The van der Waals surface area contributed by atoms with Gasteiger partial charge in [-0.15, -0.1) is 11.3 Å². The van der Waals surface area contributed by atoms with Crippen LogP contribution in [0.15, 0.2) is 65.0 Å². The fourth-order valence-corrected chi connectivity index (χ4v) is 7.80. The number of benzene rings is 1. The van der Waals surface area contributed by atoms with E-state index in [1.54, 1.807) is 43.3 Å². The minimum absolute atomic E-state index is 0.0244. The molecule has 3 aromatic heterocycles. The van der Waals surface area contributed by atoms with Crippen molar-refractivity contribution in [2.75, 3.05) is 0 Å². The molecule has 2 aliphatic rings. The van der Waals surface area contributed by atoms with E-state index < -0.39 is 20.5 Å². The number of rotatable bonds is 5. The van der Waals surface area contributed by atoms with E-state index in [0.29, 0.717) is 23.5 Å². The summed E-state index contributed by atoms with van der Waals surface area (Å²) in [7, 11) is -2.07. The van der Waals surface area contributed by atoms with Gasteiger partial charge in [0.25, 0.3) is 0 Å². The van der Waals surface area contributed by atoms with Gasteiger partial charge in [0.2, 0.25) is 5.78 Å². The van der Waals surface area contributed by atoms with E-state index >= 15 is 0 Å². The molecule has 0 N–H and O–H groups in total. The average molecular weight is 524 g/mol. The number of ketones is 1. The molecule has 2 atom stereocenters. The molecular weight excluding hydrogens is 501 g/mol. The molecule has 0 spiro atoms. The smallest absolute Gasteiger partial charge is 0.201 e. The van der Waals surface area contributed by atoms with E-state index in [1.807, 2.05) is 10.6 Å². The van der Waals surface area contributed by atoms with Crippen LogP contribution >= 0.6 is 11.3 Å². The number of fused-ring (bicyclic) bond motifs is 2. The van der Waals surface area contributed by atoms with Crippen LogP contribution in [0.25, 0.3) is 11.8 Å². The van der Waals surface area contributed by atoms with Crippen molar-refractivity contribution >= 4 is 33.0 Å². The number of nitrogens with zero attached hydrogens (tertiary/aromatic N) is 5. The highest BCUT2D eigenvalue weighted by Gasteiger charge is 2.52. The molecule has 36 heavy (non-hydrogen) atoms. The summed E-state index contributed by atoms with van der Waals surface area (Å²) in [5.74, 6) is -0.502. The summed E-state index contributed by atoms with van der Waals surface area (Å²) in [6.07, 6.45) is 8.06. The molecule has 0 radical (unpaired) electrons. The van der Waals surface area contributed by atoms with Gasteiger partial charge in [-0.2, -0.15) is 5.10 Å². The highest BCUT2D eigenvalue weighted by Crippen LogP contribution is 2.51. The zero-order chi connectivity index (χ0) is 25.1. The molecule has 0 saturated heterocycles. The molecule has 2 aliphatic carbocycles. The Labute approximate surface area is 211 Å². The van der Waals surface area contributed by atoms with Crippen LogP contribution < -0.4 is 0 Å². The molecule has 8 nitrogen and oxygen atoms in total. The molecule has 0 amide bonds. The van der Waals surface area contributed by atoms with Crippen LogP contribution in [-0.4, -0.2) is 43.8 Å². The SMILES string of the molecule is Cn1ccc(S(=O)(=O)[C@H]2CCC3=Cc4c(ncn4-c4ccc(F)cc4)C[C@]3(C(=O)c3nccs3)C2)n1. The number of thiazole rings is 1. The maximum atomic E-state index is 14.0. The van der Waals surface area contributed by atoms with Crippen molar-refractivity contribution in [2.24, 2.45) is 12.5 Å². The minimum atomic E-state index is -3.74. The number of Topliss-reactive ketones (excluding diaryl/α,β-unsaturated/α-hetero) is 1. The number of halogens is 1. The van der Waals surface area contributed by atoms with Crippen LogP contribution in [0.3, 0.4) is 0 Å². The number of aromatic nitrogens is 5. The molecule has 3 heterocycles. The Bertz CT molecular complexity index is 1600. The molecule has 0 bridgehead atoms. The molecule has 11 heteroatoms. The molecular formula is C25H22FN5O3S2. The zero-order valence-electron chi connectivity index (χ0n) is 19.3. The molecule has 0 unspecified atom stereocenters. The number of imidazole rings is 1. The lowest BCUT2D eigenvalue weighted by atomic mass is 9.62. The van der Waals surface area contributed by atoms with Crippen LogP contribution in [0.5, 0.6) is 0 Å². The first kappa shape index (κ1) is 23.0. The van der Waals surface area contributed by atoms with E-state index in [4.69, 9.17) is 0 Å². The van der Waals surface area contributed by atoms with Crippen molar-refractivity contribution in [2.45, 2.75) is 36.0 Å². The van der Waals surface area contributed by atoms with E-state index in [0.717, 1.165) is 17.0 Å². The summed E-state index contributed by atoms with van der Waals surface area (Å²) < 4.78 is 43.9. The molecule has 1 fully saturated rings. The summed E-state index contributed by atoms with van der Waals surface area (Å²) >= 11 is 1.25. The Morgan fingerprint density at radius 1 is 1.19 bits per heavy atom. The lowest BCUT2D eigenvalue weighted by Gasteiger charge is -2.42. The third kappa shape index (κ3) is 3.56. The second-order valence-electron chi connectivity index (χ2n) is 9.26. The van der Waals surface area contributed by atoms with Crippen LogP contribution in [0.4, 0.5) is 4.39 Å². The van der Waals surface area contributed by atoms with Gasteiger partial charge < -0.3 is 0 Å². The number of carbonyl (C=O) groups excluding carboxylic acids is 1. The van der Waals surface area contributed by atoms with E-state index in [-0.39, 0.29) is 29.5 Å². The first-order valence-corrected chi connectivity index (χ1v) is 13.9. The second-order valence-corrected chi connectivity index (χ2v) is 12.3. The molecule has 184 valence electrons. The minimum Gasteiger partial charge on any atom is -0.299 e. The number of allylic oxidation sites excluding steroid dienone is 1. The maximum absolute atomic E-state index is 14.0. The second kappa shape index (κ2) is 8.31. The van der Waals surface area contributed by atoms with Crippen molar-refractivity contribution in [1.29, 1.82) is 0 Å². The lowest BCUT2D eigenvalue weighted by Crippen LogP contribution is -2.45. The van der Waals surface area contributed by atoms with Gasteiger partial charge in [0.15, 0.2) is 19.9 Å². The highest BCUT2D eigenvalue weighted by atomic mass is 32.2. The average Bonchev–Trinajstić information content (AvgIpc) is 3.63. The van der Waals surface area contributed by atoms with Crippen LogP contribution in [0.1, 0.15) is 40.5 Å². The van der Waals surface area contributed by atoms with Crippen LogP contribution in [0, 0.1) is 11.2 Å². The van der Waals surface area contributed by atoms with Crippen molar-refractivity contribution < 1.29 is 17.6 Å². The number of hydrogen-bond acceptors (Lipinski definition) is 7. The van der Waals surface area contributed by atoms with Gasteiger partial charge in [0.05, 0.1) is 28.4 Å². The normalized spacial score (nSPS) is 21.5. The lowest BCUT2D eigenvalue weighted by molar-refractivity contribution is 0.0800. The molecule has 4 aromatic rings. The monoisotopic (exact) mass is 523 g/mol. The molecule has 1 aromatic carbocycles. The van der Waals surface area contributed by atoms with Gasteiger partial charge in [0, 0.05) is 36.9 Å². The predicted molar refractivity (Wildman–Crippen MR) is 132 cm³/mol. The predicted octanol–water partition coefficient (Wildman–Crippen LogP) is 4.04. The van der Waals surface area contributed by atoms with Crippen molar-refractivity contribution in [3.63, 3.8) is 0 Å². The molecule has 6 rings (SSSR count). The highest BCUT2D eigenvalue weighted by molar-refractivity contribution is 7.92. The first-order chi connectivity index (χ1) is 17.3. The number of sulfone groups is 1. The standard InChI is InChI=1S/C25H22FN5O3S2/c1-30-10-8-22(29-30)36(33,34)19-7-2-16-12-21-20(28-15-31(21)18-5-3-17(26)4-6-18)14-25(16,13-19)23(32)24-27-9-11-35-24/h3-6,8-12,15,19H,2,7,13-14H2,1H3/t19-,25+/m0/s1. The summed E-state index contributed by atoms with van der Waals surface area (Å²) in [6.45, 7) is 0. The quantitative estimate of drug-likeness (QED) is 0.366. The summed E-state index contributed by atoms with van der Waals surface area (Å²) in [4.78, 5) is 22.8. The van der Waals surface area contributed by atoms with Gasteiger partial charge in [-0.3, -0.25) is 14.0 Å². The fourth-order valence-electron chi connectivity index (χ4n) is 5.36. The largest absolute Gasteiger partial charge is 0.299 e. The Kier molecular flexibility index (Phi) is 5.31. The maximum Gasteiger partial charge on any atom is 0.201 e. The Hall–Kier alpha value is -3.44. The summed E-state index contributed by atoms with van der Waals surface area (Å²) in [6, 6.07) is 7.63. The van der Waals surface area contributed by atoms with Crippen molar-refractivity contribution in [3.05, 3.63) is 82.2 Å².